The summed E-state index contributed by atoms with van der Waals surface area (Å²) < 4.78 is 40.8. The number of anilines is 3. The molecule has 4 aromatic heterocycles. The lowest BCUT2D eigenvalue weighted by Crippen LogP contribution is -2.56. The van der Waals surface area contributed by atoms with Crippen LogP contribution in [0.15, 0.2) is 55.2 Å². The van der Waals surface area contributed by atoms with E-state index in [1.165, 1.54) is 6.42 Å². The van der Waals surface area contributed by atoms with E-state index in [9.17, 15) is 47.8 Å². The third-order valence-electron chi connectivity index (χ3n) is 13.2. The number of amides is 3. The Morgan fingerprint density at radius 2 is 1.79 bits per heavy atom. The van der Waals surface area contributed by atoms with Gasteiger partial charge in [0.05, 0.1) is 41.3 Å². The topological polar surface area (TPSA) is 282 Å². The van der Waals surface area contributed by atoms with E-state index < -0.39 is 35.7 Å². The van der Waals surface area contributed by atoms with Crippen molar-refractivity contribution in [2.24, 2.45) is 5.92 Å². The molecule has 0 radical (unpaired) electrons. The minimum Gasteiger partial charge on any atom is -0.390 e. The summed E-state index contributed by atoms with van der Waals surface area (Å²) in [4.78, 5) is 80.1. The summed E-state index contributed by atoms with van der Waals surface area (Å²) in [6, 6.07) is 9.32. The van der Waals surface area contributed by atoms with Crippen molar-refractivity contribution >= 4 is 42.1 Å². The van der Waals surface area contributed by atoms with Gasteiger partial charge in [-0.05, 0) is 71.3 Å². The highest BCUT2D eigenvalue weighted by Crippen LogP contribution is 2.40. The van der Waals surface area contributed by atoms with Crippen molar-refractivity contribution in [3.05, 3.63) is 77.8 Å². The summed E-state index contributed by atoms with van der Waals surface area (Å²) in [6.07, 6.45) is 8.38. The van der Waals surface area contributed by atoms with Gasteiger partial charge in [0.1, 0.15) is 35.6 Å². The summed E-state index contributed by atoms with van der Waals surface area (Å²) in [5, 5.41) is 34.3. The number of nitrogens with one attached hydrogen (secondary N) is 2. The van der Waals surface area contributed by atoms with Crippen molar-refractivity contribution in [2.45, 2.75) is 101 Å². The number of aliphatic hydroxyl groups is 2. The second kappa shape index (κ2) is 25.6. The van der Waals surface area contributed by atoms with E-state index in [1.807, 2.05) is 36.8 Å². The Bertz CT molecular complexity index is 2530. The number of nitrogens with zero attached hydrogens (tertiary/aromatic N) is 11. The Morgan fingerprint density at radius 1 is 1.04 bits per heavy atom. The third-order valence-corrected chi connectivity index (χ3v) is 13.2. The molecular weight excluding hydrogens is 954 g/mol. The van der Waals surface area contributed by atoms with Gasteiger partial charge in [0.25, 0.3) is 0 Å². The number of nitrogen functional groups attached to an aromatic ring is 1. The van der Waals surface area contributed by atoms with E-state index in [-0.39, 0.29) is 36.0 Å². The monoisotopic (exact) mass is 1020 g/mol. The standard InChI is InChI=1S/C31H36N10O3.C13H23NO4.C5H4F3N3/c1-31(2)28(44)25-7-8-26(37-29(25)41(31)17-22-6-4-10-34-27(22)14-32)23-15-35-30(36-16-23)39-12-13-40(21-43)24(19-39)18-38(3)11-5-9-33-20-42;15-10-6-7-18-11(12(10)16)8-14-13(17)9-4-2-1-3-5-9;6-5(7,8)3-1-10-2-4(9)11-3/h4,6-8,10,15-16,20-21,24H,5,9,11-13,17-19H2,1-3H3,(H,33,42);9-12,15-16H,1-8H2,(H,14,17);1-2H,(H2,9,11). The van der Waals surface area contributed by atoms with Crippen molar-refractivity contribution < 1.29 is 47.3 Å². The van der Waals surface area contributed by atoms with Crippen LogP contribution >= 0.6 is 0 Å². The number of pyridine rings is 2. The summed E-state index contributed by atoms with van der Waals surface area (Å²) in [5.74, 6) is 1.03. The van der Waals surface area contributed by atoms with Gasteiger partial charge in [-0.15, -0.1) is 0 Å². The first-order valence-corrected chi connectivity index (χ1v) is 24.2. The van der Waals surface area contributed by atoms with Crippen LogP contribution in [0.5, 0.6) is 0 Å². The molecule has 24 heteroatoms. The number of ether oxygens (including phenoxy) is 1. The van der Waals surface area contributed by atoms with E-state index in [4.69, 9.17) is 15.5 Å². The molecule has 1 aliphatic carbocycles. The maximum Gasteiger partial charge on any atom is 0.434 e. The third kappa shape index (κ3) is 14.6. The average molecular weight is 1020 g/mol. The Balaban J connectivity index is 0.000000243. The number of hydrogen-bond acceptors (Lipinski definition) is 18. The van der Waals surface area contributed by atoms with Crippen LogP contribution in [0.3, 0.4) is 0 Å². The molecule has 4 atom stereocenters. The Morgan fingerprint density at radius 3 is 2.47 bits per heavy atom. The molecule has 8 rings (SSSR count). The average Bonchev–Trinajstić information content (AvgIpc) is 3.58. The number of alkyl halides is 3. The number of aliphatic hydroxyl groups excluding tert-OH is 2. The number of hydrogen-bond donors (Lipinski definition) is 5. The fraction of sp³-hybridized carbons (Fsp3) is 0.531. The molecule has 21 nitrogen and oxygen atoms in total. The number of nitrogens with two attached hydrogens (primary N) is 1. The van der Waals surface area contributed by atoms with E-state index in [2.05, 4.69) is 51.4 Å². The number of rotatable bonds is 15. The molecule has 3 amide bonds. The van der Waals surface area contributed by atoms with E-state index in [0.29, 0.717) is 99.2 Å². The SMILES string of the molecule is CN(CCCNC=O)CC1CN(c2ncc(-c3ccc4c(n3)N(Cc3cccnc3C#N)C(C)(C)C4=O)cn2)CCN1C=O.Nc1cncc(C(F)(F)F)n1.O=C(NCC1OCCC(O)C1O)C1CCCCC1. The maximum atomic E-state index is 13.3. The largest absolute Gasteiger partial charge is 0.434 e. The van der Waals surface area contributed by atoms with E-state index in [1.54, 1.807) is 36.8 Å². The lowest BCUT2D eigenvalue weighted by molar-refractivity contribution is -0.141. The minimum atomic E-state index is -4.47. The van der Waals surface area contributed by atoms with Gasteiger partial charge >= 0.3 is 6.18 Å². The Labute approximate surface area is 421 Å². The van der Waals surface area contributed by atoms with Crippen LogP contribution < -0.4 is 26.2 Å². The predicted octanol–water partition coefficient (Wildman–Crippen LogP) is 2.77. The van der Waals surface area contributed by atoms with Gasteiger partial charge < -0.3 is 50.9 Å². The van der Waals surface area contributed by atoms with Gasteiger partial charge in [-0.1, -0.05) is 25.3 Å². The van der Waals surface area contributed by atoms with Crippen LogP contribution in [0.4, 0.5) is 30.8 Å². The molecule has 0 bridgehead atoms. The molecule has 0 aromatic carbocycles. The lowest BCUT2D eigenvalue weighted by atomic mass is 9.88. The number of aromatic nitrogens is 6. The molecular formula is C49H63F3N14O7. The molecule has 3 fully saturated rings. The number of halogens is 3. The molecule has 2 saturated heterocycles. The van der Waals surface area contributed by atoms with Crippen molar-refractivity contribution in [1.82, 2.24) is 50.3 Å². The zero-order valence-electron chi connectivity index (χ0n) is 41.1. The van der Waals surface area contributed by atoms with Gasteiger partial charge in [0.2, 0.25) is 24.7 Å². The van der Waals surface area contributed by atoms with Crippen LogP contribution in [0.25, 0.3) is 11.3 Å². The van der Waals surface area contributed by atoms with Crippen LogP contribution in [0.2, 0.25) is 0 Å². The predicted molar refractivity (Wildman–Crippen MR) is 261 cm³/mol. The molecule has 1 saturated carbocycles. The number of carbonyl (C=O) groups is 4. The first-order valence-electron chi connectivity index (χ1n) is 24.2. The number of nitriles is 1. The van der Waals surface area contributed by atoms with Gasteiger partial charge in [-0.25, -0.2) is 24.9 Å². The van der Waals surface area contributed by atoms with Gasteiger partial charge in [0.15, 0.2) is 11.5 Å². The smallest absolute Gasteiger partial charge is 0.390 e. The number of carbonyl (C=O) groups excluding carboxylic acids is 4. The summed E-state index contributed by atoms with van der Waals surface area (Å²) in [6.45, 7) is 8.62. The van der Waals surface area contributed by atoms with Crippen LogP contribution in [0.1, 0.15) is 86.1 Å². The number of Topliss-reactive ketones (excluding diaryl/α,β-unsaturated/α-hetero) is 1. The first kappa shape index (κ1) is 55.4. The number of ketones is 1. The molecule has 3 aliphatic heterocycles. The fourth-order valence-corrected chi connectivity index (χ4v) is 9.01. The van der Waals surface area contributed by atoms with Gasteiger partial charge in [-0.2, -0.15) is 18.4 Å². The highest BCUT2D eigenvalue weighted by molar-refractivity contribution is 6.12. The molecule has 4 aromatic rings. The van der Waals surface area contributed by atoms with E-state index >= 15 is 0 Å². The molecule has 7 heterocycles. The number of likely N-dealkylation sites (N-methyl/N-ethyl adjacent to an activating group) is 1. The summed E-state index contributed by atoms with van der Waals surface area (Å²) in [7, 11) is 2.01. The fourth-order valence-electron chi connectivity index (χ4n) is 9.01. The Hall–Kier alpha value is -6.94. The van der Waals surface area contributed by atoms with E-state index in [0.717, 1.165) is 56.8 Å². The maximum absolute atomic E-state index is 13.3. The quantitative estimate of drug-likeness (QED) is 0.0845. The molecule has 6 N–H and O–H groups in total. The zero-order chi connectivity index (χ0) is 52.7. The summed E-state index contributed by atoms with van der Waals surface area (Å²) >= 11 is 0. The van der Waals surface area contributed by atoms with Crippen molar-refractivity contribution in [3.63, 3.8) is 0 Å². The van der Waals surface area contributed by atoms with Crippen LogP contribution in [-0.4, -0.2) is 164 Å². The van der Waals surface area contributed by atoms with Gasteiger partial charge in [0, 0.05) is 88.1 Å². The van der Waals surface area contributed by atoms with Crippen molar-refractivity contribution in [3.8, 4) is 17.3 Å². The van der Waals surface area contributed by atoms with Crippen LogP contribution in [-0.2, 0) is 31.8 Å². The van der Waals surface area contributed by atoms with Crippen molar-refractivity contribution in [1.29, 1.82) is 5.26 Å². The lowest BCUT2D eigenvalue weighted by Gasteiger charge is -2.41. The second-order valence-electron chi connectivity index (χ2n) is 18.7. The Kier molecular flexibility index (Phi) is 19.4. The summed E-state index contributed by atoms with van der Waals surface area (Å²) in [5.41, 5.74) is 5.97. The highest BCUT2D eigenvalue weighted by Gasteiger charge is 2.45. The minimum absolute atomic E-state index is 0.0276. The normalized spacial score (nSPS) is 20.7. The molecule has 0 spiro atoms. The highest BCUT2D eigenvalue weighted by atomic mass is 19.4. The van der Waals surface area contributed by atoms with Crippen LogP contribution in [0, 0.1) is 17.2 Å². The first-order chi connectivity index (χ1) is 34.9. The molecule has 4 unspecified atom stereocenters. The molecule has 392 valence electrons. The molecule has 4 aliphatic rings. The molecule has 73 heavy (non-hydrogen) atoms. The zero-order valence-corrected chi connectivity index (χ0v) is 41.1. The number of piperazine rings is 1. The van der Waals surface area contributed by atoms with Crippen molar-refractivity contribution in [2.75, 3.05) is 75.0 Å². The number of fused-ring (bicyclic) bond motifs is 1. The second-order valence-corrected chi connectivity index (χ2v) is 18.7. The van der Waals surface area contributed by atoms with Gasteiger partial charge in [-0.3, -0.25) is 24.2 Å².